The van der Waals surface area contributed by atoms with Crippen LogP contribution in [-0.2, 0) is 4.79 Å². The van der Waals surface area contributed by atoms with Crippen LogP contribution in [0.25, 0.3) is 0 Å². The topological polar surface area (TPSA) is 52.7 Å². The Balaban J connectivity index is 3.98. The predicted molar refractivity (Wildman–Crippen MR) is 68.8 cm³/mol. The third kappa shape index (κ3) is 5.56. The summed E-state index contributed by atoms with van der Waals surface area (Å²) in [5, 5.41) is 2.78. The van der Waals surface area contributed by atoms with Crippen LogP contribution in [0.1, 0.15) is 27.7 Å². The zero-order chi connectivity index (χ0) is 13.6. The first-order valence-corrected chi connectivity index (χ1v) is 6.03. The van der Waals surface area contributed by atoms with E-state index in [9.17, 15) is 9.59 Å². The van der Waals surface area contributed by atoms with E-state index in [1.807, 2.05) is 27.7 Å². The summed E-state index contributed by atoms with van der Waals surface area (Å²) in [6, 6.07) is 0.147. The van der Waals surface area contributed by atoms with Gasteiger partial charge in [0.2, 0.25) is 5.91 Å². The summed E-state index contributed by atoms with van der Waals surface area (Å²) in [4.78, 5) is 26.4. The maximum Gasteiger partial charge on any atom is 0.319 e. The van der Waals surface area contributed by atoms with Gasteiger partial charge in [0.1, 0.15) is 0 Å². The summed E-state index contributed by atoms with van der Waals surface area (Å²) in [5.41, 5.74) is 0. The summed E-state index contributed by atoms with van der Waals surface area (Å²) in [7, 11) is 3.51. The zero-order valence-electron chi connectivity index (χ0n) is 11.8. The molecule has 0 atom stereocenters. The van der Waals surface area contributed by atoms with Crippen LogP contribution in [-0.4, -0.2) is 55.0 Å². The molecule has 0 saturated carbocycles. The van der Waals surface area contributed by atoms with Crippen LogP contribution in [0.5, 0.6) is 0 Å². The van der Waals surface area contributed by atoms with Crippen molar-refractivity contribution in [2.24, 2.45) is 5.92 Å². The number of hydrogen-bond donors (Lipinski definition) is 1. The highest BCUT2D eigenvalue weighted by Gasteiger charge is 2.16. The van der Waals surface area contributed by atoms with Crippen molar-refractivity contribution in [3.63, 3.8) is 0 Å². The summed E-state index contributed by atoms with van der Waals surface area (Å²) in [6.45, 7) is 8.63. The molecule has 5 nitrogen and oxygen atoms in total. The van der Waals surface area contributed by atoms with Crippen LogP contribution in [0, 0.1) is 5.92 Å². The quantitative estimate of drug-likeness (QED) is 0.787. The lowest BCUT2D eigenvalue weighted by atomic mass is 10.2. The maximum atomic E-state index is 11.8. The van der Waals surface area contributed by atoms with Gasteiger partial charge in [-0.15, -0.1) is 0 Å². The van der Waals surface area contributed by atoms with Gasteiger partial charge in [0, 0.05) is 39.1 Å². The molecule has 0 spiro atoms. The minimum absolute atomic E-state index is 0.0167. The first-order valence-electron chi connectivity index (χ1n) is 6.03. The normalized spacial score (nSPS) is 10.6. The number of rotatable bonds is 5. The Hall–Kier alpha value is -1.26. The number of amides is 3. The lowest BCUT2D eigenvalue weighted by Crippen LogP contribution is -2.45. The molecular formula is C12H25N3O2. The zero-order valence-corrected chi connectivity index (χ0v) is 11.8. The molecule has 0 saturated heterocycles. The molecule has 0 aromatic carbocycles. The van der Waals surface area contributed by atoms with Crippen LogP contribution in [0.4, 0.5) is 4.79 Å². The van der Waals surface area contributed by atoms with Gasteiger partial charge < -0.3 is 15.1 Å². The molecule has 0 unspecified atom stereocenters. The summed E-state index contributed by atoms with van der Waals surface area (Å²) in [6.07, 6.45) is 0. The Morgan fingerprint density at radius 3 is 2.06 bits per heavy atom. The third-order valence-corrected chi connectivity index (χ3v) is 2.67. The van der Waals surface area contributed by atoms with Crippen LogP contribution < -0.4 is 5.32 Å². The van der Waals surface area contributed by atoms with Crippen molar-refractivity contribution in [1.29, 1.82) is 0 Å². The molecule has 0 heterocycles. The van der Waals surface area contributed by atoms with Crippen LogP contribution in [0.3, 0.4) is 0 Å². The highest BCUT2D eigenvalue weighted by atomic mass is 16.2. The van der Waals surface area contributed by atoms with Crippen LogP contribution >= 0.6 is 0 Å². The van der Waals surface area contributed by atoms with E-state index in [0.29, 0.717) is 13.1 Å². The molecule has 0 fully saturated rings. The molecule has 0 aromatic rings. The van der Waals surface area contributed by atoms with Gasteiger partial charge in [0.15, 0.2) is 0 Å². The molecule has 0 aromatic heterocycles. The lowest BCUT2D eigenvalue weighted by molar-refractivity contribution is -0.124. The minimum atomic E-state index is -0.0289. The highest BCUT2D eigenvalue weighted by molar-refractivity contribution is 5.78. The van der Waals surface area contributed by atoms with Crippen molar-refractivity contribution >= 4 is 11.9 Å². The van der Waals surface area contributed by atoms with Gasteiger partial charge in [-0.3, -0.25) is 4.79 Å². The number of nitrogens with zero attached hydrogens (tertiary/aromatic N) is 2. The Bertz CT molecular complexity index is 264. The van der Waals surface area contributed by atoms with Gasteiger partial charge >= 0.3 is 6.03 Å². The second-order valence-corrected chi connectivity index (χ2v) is 4.85. The first kappa shape index (κ1) is 15.7. The fourth-order valence-corrected chi connectivity index (χ4v) is 1.14. The number of hydrogen-bond acceptors (Lipinski definition) is 2. The molecular weight excluding hydrogens is 218 g/mol. The second-order valence-electron chi connectivity index (χ2n) is 4.85. The van der Waals surface area contributed by atoms with E-state index in [1.165, 1.54) is 0 Å². The van der Waals surface area contributed by atoms with Crippen molar-refractivity contribution in [2.75, 3.05) is 27.2 Å². The van der Waals surface area contributed by atoms with Gasteiger partial charge in [0.25, 0.3) is 0 Å². The van der Waals surface area contributed by atoms with E-state index in [2.05, 4.69) is 5.32 Å². The molecule has 0 aliphatic heterocycles. The van der Waals surface area contributed by atoms with E-state index < -0.39 is 0 Å². The van der Waals surface area contributed by atoms with E-state index >= 15 is 0 Å². The van der Waals surface area contributed by atoms with E-state index in [1.54, 1.807) is 23.9 Å². The molecule has 0 radical (unpaired) electrons. The highest BCUT2D eigenvalue weighted by Crippen LogP contribution is 1.99. The van der Waals surface area contributed by atoms with Gasteiger partial charge in [-0.1, -0.05) is 13.8 Å². The fraction of sp³-hybridized carbons (Fsp3) is 0.833. The standard InChI is InChI=1S/C12H25N3O2/c1-9(2)11(16)13-7-8-14(5)12(17)15(6)10(3)4/h9-10H,7-8H2,1-6H3,(H,13,16). The fourth-order valence-electron chi connectivity index (χ4n) is 1.14. The molecule has 0 aliphatic rings. The minimum Gasteiger partial charge on any atom is -0.354 e. The third-order valence-electron chi connectivity index (χ3n) is 2.67. The Morgan fingerprint density at radius 1 is 1.12 bits per heavy atom. The van der Waals surface area contributed by atoms with Crippen LogP contribution in [0.2, 0.25) is 0 Å². The van der Waals surface area contributed by atoms with Crippen molar-refractivity contribution in [2.45, 2.75) is 33.7 Å². The van der Waals surface area contributed by atoms with E-state index in [-0.39, 0.29) is 23.9 Å². The predicted octanol–water partition coefficient (Wildman–Crippen LogP) is 1.15. The van der Waals surface area contributed by atoms with Crippen molar-refractivity contribution in [3.8, 4) is 0 Å². The summed E-state index contributed by atoms with van der Waals surface area (Å²) < 4.78 is 0. The molecule has 0 aliphatic carbocycles. The van der Waals surface area contributed by atoms with Crippen molar-refractivity contribution < 1.29 is 9.59 Å². The Morgan fingerprint density at radius 2 is 1.65 bits per heavy atom. The molecule has 5 heteroatoms. The summed E-state index contributed by atoms with van der Waals surface area (Å²) in [5.74, 6) is -0.00240. The number of nitrogens with one attached hydrogen (secondary N) is 1. The number of carbonyl (C=O) groups is 2. The molecule has 3 amide bonds. The SMILES string of the molecule is CC(C)C(=O)NCCN(C)C(=O)N(C)C(C)C. The maximum absolute atomic E-state index is 11.8. The second kappa shape index (κ2) is 7.14. The summed E-state index contributed by atoms with van der Waals surface area (Å²) >= 11 is 0. The molecule has 0 rings (SSSR count). The molecule has 1 N–H and O–H groups in total. The largest absolute Gasteiger partial charge is 0.354 e. The van der Waals surface area contributed by atoms with Gasteiger partial charge in [-0.25, -0.2) is 4.79 Å². The van der Waals surface area contributed by atoms with Gasteiger partial charge in [-0.05, 0) is 13.8 Å². The number of urea groups is 1. The molecule has 17 heavy (non-hydrogen) atoms. The molecule has 0 bridgehead atoms. The van der Waals surface area contributed by atoms with Gasteiger partial charge in [-0.2, -0.15) is 0 Å². The van der Waals surface area contributed by atoms with E-state index in [4.69, 9.17) is 0 Å². The molecule has 100 valence electrons. The smallest absolute Gasteiger partial charge is 0.319 e. The average molecular weight is 243 g/mol. The lowest BCUT2D eigenvalue weighted by Gasteiger charge is -2.27. The monoisotopic (exact) mass is 243 g/mol. The Kier molecular flexibility index (Phi) is 6.61. The van der Waals surface area contributed by atoms with E-state index in [0.717, 1.165) is 0 Å². The van der Waals surface area contributed by atoms with Crippen LogP contribution in [0.15, 0.2) is 0 Å². The van der Waals surface area contributed by atoms with Crippen molar-refractivity contribution in [3.05, 3.63) is 0 Å². The first-order chi connectivity index (χ1) is 7.77. The average Bonchev–Trinajstić information content (AvgIpc) is 2.26. The number of carbonyl (C=O) groups excluding carboxylic acids is 2. The van der Waals surface area contributed by atoms with Gasteiger partial charge in [0.05, 0.1) is 0 Å². The number of likely N-dealkylation sites (N-methyl/N-ethyl adjacent to an activating group) is 1. The van der Waals surface area contributed by atoms with Crippen molar-refractivity contribution in [1.82, 2.24) is 15.1 Å². The Labute approximate surface area is 104 Å².